The van der Waals surface area contributed by atoms with Gasteiger partial charge in [0.15, 0.2) is 11.5 Å². The van der Waals surface area contributed by atoms with E-state index in [0.29, 0.717) is 17.2 Å². The Labute approximate surface area is 176 Å². The number of nitrogens with zero attached hydrogens (tertiary/aromatic N) is 1. The summed E-state index contributed by atoms with van der Waals surface area (Å²) in [6.07, 6.45) is 0. The summed E-state index contributed by atoms with van der Waals surface area (Å²) in [5.41, 5.74) is 0.457. The molecule has 3 aromatic carbocycles. The molecule has 0 saturated heterocycles. The Balaban J connectivity index is 1.62. The van der Waals surface area contributed by atoms with Gasteiger partial charge in [-0.1, -0.05) is 0 Å². The molecule has 1 N–H and O–H groups in total. The van der Waals surface area contributed by atoms with Gasteiger partial charge in [-0.15, -0.1) is 0 Å². The molecule has 4 rings (SSSR count). The summed E-state index contributed by atoms with van der Waals surface area (Å²) in [7, 11) is -4.24. The number of nitrogens with one attached hydrogen (secondary N) is 1. The summed E-state index contributed by atoms with van der Waals surface area (Å²) in [5.74, 6) is -0.827. The Morgan fingerprint density at radius 2 is 1.52 bits per heavy atom. The topological polar surface area (TPSA) is 84.9 Å². The molecule has 7 nitrogen and oxygen atoms in total. The highest BCUT2D eigenvalue weighted by Gasteiger charge is 2.27. The molecule has 0 atom stereocenters. The summed E-state index contributed by atoms with van der Waals surface area (Å²) in [4.78, 5) is 12.5. The van der Waals surface area contributed by atoms with Crippen LogP contribution in [0.25, 0.3) is 0 Å². The maximum absolute atomic E-state index is 13.4. The Morgan fingerprint density at radius 3 is 2.19 bits per heavy atom. The van der Waals surface area contributed by atoms with Gasteiger partial charge < -0.3 is 14.8 Å². The van der Waals surface area contributed by atoms with Crippen molar-refractivity contribution in [1.29, 1.82) is 0 Å². The number of halogens is 2. The van der Waals surface area contributed by atoms with Crippen LogP contribution in [0.2, 0.25) is 0 Å². The van der Waals surface area contributed by atoms with Crippen molar-refractivity contribution in [3.63, 3.8) is 0 Å². The first-order valence-corrected chi connectivity index (χ1v) is 10.5. The minimum Gasteiger partial charge on any atom is -0.454 e. The molecule has 1 aliphatic heterocycles. The second-order valence-corrected chi connectivity index (χ2v) is 8.42. The van der Waals surface area contributed by atoms with Crippen LogP contribution in [0.1, 0.15) is 0 Å². The number of carbonyl (C=O) groups is 1. The molecule has 0 fully saturated rings. The summed E-state index contributed by atoms with van der Waals surface area (Å²) in [6, 6.07) is 13.6. The van der Waals surface area contributed by atoms with Gasteiger partial charge in [0, 0.05) is 11.8 Å². The minimum atomic E-state index is -4.24. The molecular formula is C21H16F2N2O5S. The number of hydrogen-bond acceptors (Lipinski definition) is 5. The van der Waals surface area contributed by atoms with Gasteiger partial charge in [-0.05, 0) is 60.7 Å². The summed E-state index contributed by atoms with van der Waals surface area (Å²) in [6.45, 7) is -0.527. The van der Waals surface area contributed by atoms with E-state index in [0.717, 1.165) is 40.7 Å². The van der Waals surface area contributed by atoms with Gasteiger partial charge in [0.1, 0.15) is 18.2 Å². The third-order valence-corrected chi connectivity index (χ3v) is 6.25. The van der Waals surface area contributed by atoms with Crippen LogP contribution in [0, 0.1) is 11.6 Å². The van der Waals surface area contributed by atoms with E-state index in [-0.39, 0.29) is 17.4 Å². The van der Waals surface area contributed by atoms with Crippen molar-refractivity contribution < 1.29 is 31.5 Å². The largest absolute Gasteiger partial charge is 0.454 e. The van der Waals surface area contributed by atoms with Gasteiger partial charge in [0.2, 0.25) is 12.7 Å². The smallest absolute Gasteiger partial charge is 0.264 e. The van der Waals surface area contributed by atoms with Crippen molar-refractivity contribution in [3.8, 4) is 11.5 Å². The van der Waals surface area contributed by atoms with E-state index < -0.39 is 34.1 Å². The van der Waals surface area contributed by atoms with Crippen LogP contribution in [0.3, 0.4) is 0 Å². The van der Waals surface area contributed by atoms with Crippen LogP contribution in [-0.2, 0) is 14.8 Å². The zero-order valence-corrected chi connectivity index (χ0v) is 16.7. The fourth-order valence-corrected chi connectivity index (χ4v) is 4.38. The van der Waals surface area contributed by atoms with Crippen LogP contribution in [0.5, 0.6) is 11.5 Å². The van der Waals surface area contributed by atoms with Gasteiger partial charge in [-0.3, -0.25) is 9.10 Å². The van der Waals surface area contributed by atoms with E-state index in [2.05, 4.69) is 5.32 Å². The molecule has 0 bridgehead atoms. The highest BCUT2D eigenvalue weighted by molar-refractivity contribution is 7.92. The molecule has 31 heavy (non-hydrogen) atoms. The lowest BCUT2D eigenvalue weighted by Crippen LogP contribution is -2.38. The molecule has 0 aliphatic carbocycles. The van der Waals surface area contributed by atoms with Gasteiger partial charge in [-0.25, -0.2) is 17.2 Å². The Kier molecular flexibility index (Phi) is 5.47. The van der Waals surface area contributed by atoms with E-state index in [9.17, 15) is 22.0 Å². The first-order valence-electron chi connectivity index (χ1n) is 9.06. The quantitative estimate of drug-likeness (QED) is 0.626. The predicted octanol–water partition coefficient (Wildman–Crippen LogP) is 3.53. The van der Waals surface area contributed by atoms with Crippen molar-refractivity contribution in [2.75, 3.05) is 23.0 Å². The number of benzene rings is 3. The molecule has 3 aromatic rings. The lowest BCUT2D eigenvalue weighted by Gasteiger charge is -2.24. The molecule has 1 aliphatic rings. The summed E-state index contributed by atoms with van der Waals surface area (Å²) < 4.78 is 64.2. The molecule has 0 aromatic heterocycles. The zero-order valence-electron chi connectivity index (χ0n) is 15.9. The van der Waals surface area contributed by atoms with Crippen molar-refractivity contribution in [1.82, 2.24) is 0 Å². The van der Waals surface area contributed by atoms with Crippen LogP contribution < -0.4 is 19.1 Å². The van der Waals surface area contributed by atoms with Crippen molar-refractivity contribution in [3.05, 3.63) is 78.4 Å². The molecule has 1 heterocycles. The molecule has 10 heteroatoms. The molecule has 0 saturated carbocycles. The monoisotopic (exact) mass is 446 g/mol. The maximum atomic E-state index is 13.4. The number of rotatable bonds is 6. The van der Waals surface area contributed by atoms with Gasteiger partial charge in [0.25, 0.3) is 10.0 Å². The highest BCUT2D eigenvalue weighted by atomic mass is 32.2. The predicted molar refractivity (Wildman–Crippen MR) is 109 cm³/mol. The van der Waals surface area contributed by atoms with Crippen molar-refractivity contribution >= 4 is 27.3 Å². The lowest BCUT2D eigenvalue weighted by atomic mass is 10.2. The third kappa shape index (κ3) is 4.43. The molecular weight excluding hydrogens is 430 g/mol. The van der Waals surface area contributed by atoms with E-state index in [1.807, 2.05) is 0 Å². The molecule has 0 radical (unpaired) electrons. The summed E-state index contributed by atoms with van der Waals surface area (Å²) in [5, 5.41) is 2.60. The van der Waals surface area contributed by atoms with Gasteiger partial charge in [0.05, 0.1) is 10.6 Å². The first kappa shape index (κ1) is 20.6. The maximum Gasteiger partial charge on any atom is 0.264 e. The zero-order chi connectivity index (χ0) is 22.0. The van der Waals surface area contributed by atoms with Crippen LogP contribution >= 0.6 is 0 Å². The Bertz CT molecular complexity index is 1220. The first-order chi connectivity index (χ1) is 14.8. The lowest BCUT2D eigenvalue weighted by molar-refractivity contribution is -0.114. The number of sulfonamides is 1. The Morgan fingerprint density at radius 1 is 0.903 bits per heavy atom. The number of amides is 1. The number of carbonyl (C=O) groups excluding carboxylic acids is 1. The normalized spacial score (nSPS) is 12.5. The second kappa shape index (κ2) is 8.23. The molecule has 0 spiro atoms. The van der Waals surface area contributed by atoms with Crippen molar-refractivity contribution in [2.24, 2.45) is 0 Å². The van der Waals surface area contributed by atoms with E-state index in [4.69, 9.17) is 9.47 Å². The minimum absolute atomic E-state index is 0.0704. The molecule has 0 unspecified atom stereocenters. The summed E-state index contributed by atoms with van der Waals surface area (Å²) >= 11 is 0. The standard InChI is InChI=1S/C21H16F2N2O5S/c22-14-1-6-17(7-2-14)25(31(27,28)18-8-3-15(23)4-9-18)12-21(26)24-16-5-10-19-20(11-16)30-13-29-19/h1-11H,12-13H2,(H,24,26). The van der Waals surface area contributed by atoms with Crippen LogP contribution in [-0.4, -0.2) is 27.7 Å². The van der Waals surface area contributed by atoms with E-state index in [1.165, 1.54) is 12.1 Å². The average molecular weight is 446 g/mol. The molecule has 1 amide bonds. The van der Waals surface area contributed by atoms with Crippen LogP contribution in [0.15, 0.2) is 71.6 Å². The van der Waals surface area contributed by atoms with Crippen LogP contribution in [0.4, 0.5) is 20.2 Å². The second-order valence-electron chi connectivity index (χ2n) is 6.56. The Hall–Kier alpha value is -3.66. The highest BCUT2D eigenvalue weighted by Crippen LogP contribution is 2.34. The van der Waals surface area contributed by atoms with E-state index >= 15 is 0 Å². The third-order valence-electron chi connectivity index (χ3n) is 4.46. The SMILES string of the molecule is O=C(CN(c1ccc(F)cc1)S(=O)(=O)c1ccc(F)cc1)Nc1ccc2c(c1)OCO2. The van der Waals surface area contributed by atoms with E-state index in [1.54, 1.807) is 18.2 Å². The van der Waals surface area contributed by atoms with Gasteiger partial charge in [-0.2, -0.15) is 0 Å². The average Bonchev–Trinajstić information content (AvgIpc) is 3.21. The van der Waals surface area contributed by atoms with Crippen molar-refractivity contribution in [2.45, 2.75) is 4.90 Å². The molecule has 160 valence electrons. The fraction of sp³-hybridized carbons (Fsp3) is 0.0952. The number of fused-ring (bicyclic) bond motifs is 1. The number of hydrogen-bond donors (Lipinski definition) is 1. The number of anilines is 2. The fourth-order valence-electron chi connectivity index (χ4n) is 2.96. The van der Waals surface area contributed by atoms with Gasteiger partial charge >= 0.3 is 0 Å². The number of ether oxygens (including phenoxy) is 2.